The maximum Gasteiger partial charge on any atom is 0.148 e. The van der Waals surface area contributed by atoms with Crippen LogP contribution in [-0.2, 0) is 0 Å². The quantitative estimate of drug-likeness (QED) is 0.721. The van der Waals surface area contributed by atoms with Gasteiger partial charge in [-0.2, -0.15) is 0 Å². The van der Waals surface area contributed by atoms with Crippen molar-refractivity contribution in [1.29, 1.82) is 0 Å². The summed E-state index contributed by atoms with van der Waals surface area (Å²) in [5.74, 6) is 0.776. The van der Waals surface area contributed by atoms with Gasteiger partial charge in [0.05, 0.1) is 0 Å². The molecule has 1 rings (SSSR count). The largest absolute Gasteiger partial charge is 0.372 e. The number of halogens is 1. The molecule has 0 aliphatic carbocycles. The average Bonchev–Trinajstić information content (AvgIpc) is 1.90. The van der Waals surface area contributed by atoms with Crippen molar-refractivity contribution in [2.24, 2.45) is 0 Å². The molecule has 9 heavy (non-hydrogen) atoms. The summed E-state index contributed by atoms with van der Waals surface area (Å²) in [6, 6.07) is 3.68. The summed E-state index contributed by atoms with van der Waals surface area (Å²) < 4.78 is 0.751. The number of nitrogens with zero attached hydrogens (tertiary/aromatic N) is 2. The Labute approximate surface area is 61.6 Å². The Morgan fingerprint density at radius 2 is 2.22 bits per heavy atom. The summed E-state index contributed by atoms with van der Waals surface area (Å²) in [6.45, 7) is 0. The second-order valence-corrected chi connectivity index (χ2v) is 2.30. The third-order valence-electron chi connectivity index (χ3n) is 0.888. The van der Waals surface area contributed by atoms with Crippen LogP contribution < -0.4 is 5.32 Å². The third-order valence-corrected chi connectivity index (χ3v) is 1.31. The summed E-state index contributed by atoms with van der Waals surface area (Å²) in [4.78, 5) is 0. The van der Waals surface area contributed by atoms with Crippen molar-refractivity contribution in [3.05, 3.63) is 16.7 Å². The van der Waals surface area contributed by atoms with Gasteiger partial charge in [-0.05, 0) is 28.1 Å². The predicted molar refractivity (Wildman–Crippen MR) is 39.3 cm³/mol. The third kappa shape index (κ3) is 1.64. The average molecular weight is 188 g/mol. The highest BCUT2D eigenvalue weighted by Crippen LogP contribution is 2.05. The van der Waals surface area contributed by atoms with Crippen molar-refractivity contribution in [3.8, 4) is 0 Å². The number of hydrogen-bond donors (Lipinski definition) is 1. The fourth-order valence-corrected chi connectivity index (χ4v) is 0.661. The van der Waals surface area contributed by atoms with Gasteiger partial charge in [0.1, 0.15) is 10.4 Å². The molecule has 0 saturated carbocycles. The molecule has 0 aliphatic heterocycles. The van der Waals surface area contributed by atoms with E-state index in [1.54, 1.807) is 7.05 Å². The molecule has 1 aromatic heterocycles. The molecule has 1 heterocycles. The highest BCUT2D eigenvalue weighted by atomic mass is 79.9. The maximum atomic E-state index is 3.79. The van der Waals surface area contributed by atoms with Crippen LogP contribution in [0.4, 0.5) is 5.82 Å². The van der Waals surface area contributed by atoms with Gasteiger partial charge in [0.15, 0.2) is 0 Å². The molecule has 0 amide bonds. The first-order valence-electron chi connectivity index (χ1n) is 2.50. The minimum absolute atomic E-state index is 0.751. The molecule has 0 bridgehead atoms. The van der Waals surface area contributed by atoms with E-state index < -0.39 is 0 Å². The van der Waals surface area contributed by atoms with E-state index in [9.17, 15) is 0 Å². The van der Waals surface area contributed by atoms with Crippen LogP contribution in [0.25, 0.3) is 0 Å². The highest BCUT2D eigenvalue weighted by Gasteiger charge is 1.88. The predicted octanol–water partition coefficient (Wildman–Crippen LogP) is 1.28. The minimum atomic E-state index is 0.751. The number of aromatic nitrogens is 2. The van der Waals surface area contributed by atoms with Gasteiger partial charge in [0.2, 0.25) is 0 Å². The Kier molecular flexibility index (Phi) is 2.00. The van der Waals surface area contributed by atoms with Crippen LogP contribution >= 0.6 is 15.9 Å². The van der Waals surface area contributed by atoms with Crippen LogP contribution in [0.3, 0.4) is 0 Å². The van der Waals surface area contributed by atoms with Crippen molar-refractivity contribution in [1.82, 2.24) is 10.2 Å². The van der Waals surface area contributed by atoms with Crippen LogP contribution in [-0.4, -0.2) is 17.2 Å². The zero-order valence-corrected chi connectivity index (χ0v) is 6.51. The van der Waals surface area contributed by atoms with Crippen LogP contribution in [0.5, 0.6) is 0 Å². The summed E-state index contributed by atoms with van der Waals surface area (Å²) >= 11 is 3.17. The van der Waals surface area contributed by atoms with Crippen LogP contribution in [0.1, 0.15) is 0 Å². The van der Waals surface area contributed by atoms with Crippen LogP contribution in [0, 0.1) is 0 Å². The number of nitrogens with one attached hydrogen (secondary N) is 1. The number of rotatable bonds is 1. The van der Waals surface area contributed by atoms with Gasteiger partial charge in [0, 0.05) is 7.05 Å². The normalized spacial score (nSPS) is 9.11. The molecule has 0 atom stereocenters. The fraction of sp³-hybridized carbons (Fsp3) is 0.200. The van der Waals surface area contributed by atoms with E-state index >= 15 is 0 Å². The summed E-state index contributed by atoms with van der Waals surface area (Å²) in [7, 11) is 1.80. The van der Waals surface area contributed by atoms with Gasteiger partial charge in [-0.15, -0.1) is 10.2 Å². The zero-order chi connectivity index (χ0) is 6.69. The number of hydrogen-bond acceptors (Lipinski definition) is 3. The maximum absolute atomic E-state index is 3.79. The first-order valence-corrected chi connectivity index (χ1v) is 3.29. The Hall–Kier alpha value is -0.640. The Morgan fingerprint density at radius 1 is 1.44 bits per heavy atom. The zero-order valence-electron chi connectivity index (χ0n) is 4.93. The molecule has 0 fully saturated rings. The van der Waals surface area contributed by atoms with Gasteiger partial charge in [-0.1, -0.05) is 0 Å². The monoisotopic (exact) mass is 187 g/mol. The first-order chi connectivity index (χ1) is 4.33. The van der Waals surface area contributed by atoms with Crippen molar-refractivity contribution in [2.75, 3.05) is 12.4 Å². The lowest BCUT2D eigenvalue weighted by Gasteiger charge is -1.93. The highest BCUT2D eigenvalue weighted by molar-refractivity contribution is 9.10. The summed E-state index contributed by atoms with van der Waals surface area (Å²) in [5.41, 5.74) is 0. The lowest BCUT2D eigenvalue weighted by molar-refractivity contribution is 1.01. The van der Waals surface area contributed by atoms with Gasteiger partial charge in [0.25, 0.3) is 0 Å². The summed E-state index contributed by atoms with van der Waals surface area (Å²) in [5, 5.41) is 10.4. The van der Waals surface area contributed by atoms with E-state index in [4.69, 9.17) is 0 Å². The van der Waals surface area contributed by atoms with Crippen molar-refractivity contribution in [2.45, 2.75) is 0 Å². The molecule has 48 valence electrons. The van der Waals surface area contributed by atoms with Crippen LogP contribution in [0.2, 0.25) is 0 Å². The molecule has 3 nitrogen and oxygen atoms in total. The molecular formula is C5H6BrN3. The topological polar surface area (TPSA) is 37.8 Å². The van der Waals surface area contributed by atoms with E-state index in [-0.39, 0.29) is 0 Å². The van der Waals surface area contributed by atoms with Gasteiger partial charge in [-0.25, -0.2) is 0 Å². The van der Waals surface area contributed by atoms with Gasteiger partial charge >= 0.3 is 0 Å². The van der Waals surface area contributed by atoms with Gasteiger partial charge in [-0.3, -0.25) is 0 Å². The standard InChI is InChI=1S/C5H6BrN3/c1-7-5-3-2-4(6)8-9-5/h2-3H,1H3,(H,7,9). The van der Waals surface area contributed by atoms with Crippen molar-refractivity contribution >= 4 is 21.7 Å². The lowest BCUT2D eigenvalue weighted by atomic mass is 10.5. The van der Waals surface area contributed by atoms with E-state index in [0.717, 1.165) is 10.4 Å². The Morgan fingerprint density at radius 3 is 2.67 bits per heavy atom. The number of anilines is 1. The second kappa shape index (κ2) is 2.77. The minimum Gasteiger partial charge on any atom is -0.372 e. The molecule has 1 N–H and O–H groups in total. The molecule has 1 aromatic rings. The van der Waals surface area contributed by atoms with Crippen molar-refractivity contribution in [3.63, 3.8) is 0 Å². The van der Waals surface area contributed by atoms with E-state index in [2.05, 4.69) is 31.4 Å². The van der Waals surface area contributed by atoms with E-state index in [0.29, 0.717) is 0 Å². The molecule has 0 saturated heterocycles. The molecule has 0 spiro atoms. The van der Waals surface area contributed by atoms with E-state index in [1.165, 1.54) is 0 Å². The Balaban J connectivity index is 2.88. The Bertz CT molecular complexity index is 184. The van der Waals surface area contributed by atoms with E-state index in [1.807, 2.05) is 12.1 Å². The smallest absolute Gasteiger partial charge is 0.148 e. The summed E-state index contributed by atoms with van der Waals surface area (Å²) in [6.07, 6.45) is 0. The fourth-order valence-electron chi connectivity index (χ4n) is 0.449. The molecule has 0 aliphatic rings. The molecule has 0 aromatic carbocycles. The van der Waals surface area contributed by atoms with Crippen LogP contribution in [0.15, 0.2) is 16.7 Å². The lowest BCUT2D eigenvalue weighted by Crippen LogP contribution is -1.92. The molecule has 4 heteroatoms. The van der Waals surface area contributed by atoms with Crippen molar-refractivity contribution < 1.29 is 0 Å². The second-order valence-electron chi connectivity index (χ2n) is 1.49. The first kappa shape index (κ1) is 6.48. The molecular weight excluding hydrogens is 182 g/mol. The van der Waals surface area contributed by atoms with Gasteiger partial charge < -0.3 is 5.32 Å². The molecule has 0 unspecified atom stereocenters. The SMILES string of the molecule is CNc1ccc(Br)nn1. The molecule has 0 radical (unpaired) electrons.